The fraction of sp³-hybridized carbons (Fsp3) is 0.583. The van der Waals surface area contributed by atoms with E-state index in [-0.39, 0.29) is 36.7 Å². The minimum absolute atomic E-state index is 0.00540. The van der Waals surface area contributed by atoms with Crippen LogP contribution in [0.3, 0.4) is 0 Å². The van der Waals surface area contributed by atoms with E-state index in [0.717, 1.165) is 0 Å². The van der Waals surface area contributed by atoms with E-state index in [4.69, 9.17) is 14.2 Å². The van der Waals surface area contributed by atoms with Crippen molar-refractivity contribution in [1.82, 2.24) is 25.2 Å². The van der Waals surface area contributed by atoms with Crippen LogP contribution < -0.4 is 15.4 Å². The molecule has 2 amide bonds. The van der Waals surface area contributed by atoms with Crippen molar-refractivity contribution < 1.29 is 23.8 Å². The van der Waals surface area contributed by atoms with Crippen molar-refractivity contribution in [2.75, 3.05) is 39.2 Å². The van der Waals surface area contributed by atoms with Crippen LogP contribution in [0.25, 0.3) is 0 Å². The number of ether oxygens (including phenoxy) is 3. The molecule has 3 rings (SSSR count). The molecule has 35 heavy (non-hydrogen) atoms. The van der Waals surface area contributed by atoms with Gasteiger partial charge in [0.25, 0.3) is 0 Å². The second kappa shape index (κ2) is 13.1. The number of aromatic nitrogens is 3. The first-order valence-electron chi connectivity index (χ1n) is 11.9. The molecule has 0 saturated carbocycles. The Morgan fingerprint density at radius 1 is 1.34 bits per heavy atom. The molecule has 0 saturated heterocycles. The van der Waals surface area contributed by atoms with Crippen LogP contribution >= 0.6 is 0 Å². The number of nitrogens with zero attached hydrogens (tertiary/aromatic N) is 4. The molecule has 1 aromatic carbocycles. The highest BCUT2D eigenvalue weighted by Crippen LogP contribution is 2.23. The standard InChI is InChI=1S/C24H36N6O5/c1-17-12-25-18(2)15-35-23(31)10-7-11-30-13-19(27-28-30)16-34-22(17)14-29(3)24(32)26-20-8-5-6-9-21(20)33-4/h5-6,8-9,13,17-18,22,25H,7,10-12,14-16H2,1-4H3,(H,26,32)/t17-,18-,22-/m1/s1. The topological polar surface area (TPSA) is 120 Å². The Kier molecular flexibility index (Phi) is 9.86. The molecule has 2 aromatic rings. The smallest absolute Gasteiger partial charge is 0.321 e. The number of benzene rings is 1. The van der Waals surface area contributed by atoms with Crippen molar-refractivity contribution in [3.8, 4) is 5.75 Å². The van der Waals surface area contributed by atoms with Crippen LogP contribution in [0.4, 0.5) is 10.5 Å². The minimum Gasteiger partial charge on any atom is -0.495 e. The summed E-state index contributed by atoms with van der Waals surface area (Å²) in [5.41, 5.74) is 1.29. The van der Waals surface area contributed by atoms with Crippen LogP contribution in [-0.4, -0.2) is 77.9 Å². The lowest BCUT2D eigenvalue weighted by Gasteiger charge is -2.30. The molecule has 1 aliphatic heterocycles. The number of rotatable bonds is 4. The van der Waals surface area contributed by atoms with E-state index in [1.54, 1.807) is 35.9 Å². The molecule has 1 aliphatic rings. The molecule has 0 radical (unpaired) electrons. The first kappa shape index (κ1) is 26.4. The van der Waals surface area contributed by atoms with Gasteiger partial charge < -0.3 is 29.7 Å². The van der Waals surface area contributed by atoms with E-state index >= 15 is 0 Å². The van der Waals surface area contributed by atoms with Gasteiger partial charge in [-0.3, -0.25) is 9.48 Å². The molecule has 3 atom stereocenters. The molecule has 2 bridgehead atoms. The van der Waals surface area contributed by atoms with Gasteiger partial charge in [-0.15, -0.1) is 5.10 Å². The number of carbonyl (C=O) groups is 2. The van der Waals surface area contributed by atoms with E-state index in [1.807, 2.05) is 25.3 Å². The fourth-order valence-corrected chi connectivity index (χ4v) is 3.67. The van der Waals surface area contributed by atoms with Gasteiger partial charge in [-0.2, -0.15) is 0 Å². The highest BCUT2D eigenvalue weighted by Gasteiger charge is 2.24. The molecule has 2 heterocycles. The Morgan fingerprint density at radius 3 is 2.94 bits per heavy atom. The minimum atomic E-state index is -0.274. The number of hydrogen-bond acceptors (Lipinski definition) is 8. The normalized spacial score (nSPS) is 22.2. The predicted octanol–water partition coefficient (Wildman–Crippen LogP) is 2.29. The number of anilines is 1. The van der Waals surface area contributed by atoms with Gasteiger partial charge >= 0.3 is 12.0 Å². The van der Waals surface area contributed by atoms with E-state index < -0.39 is 0 Å². The van der Waals surface area contributed by atoms with Crippen LogP contribution in [-0.2, 0) is 27.4 Å². The Bertz CT molecular complexity index is 967. The van der Waals surface area contributed by atoms with E-state index in [9.17, 15) is 9.59 Å². The van der Waals surface area contributed by atoms with E-state index in [2.05, 4.69) is 27.9 Å². The maximum absolute atomic E-state index is 12.9. The van der Waals surface area contributed by atoms with Crippen molar-refractivity contribution in [1.29, 1.82) is 0 Å². The largest absolute Gasteiger partial charge is 0.495 e. The number of urea groups is 1. The van der Waals surface area contributed by atoms with Crippen LogP contribution in [0.2, 0.25) is 0 Å². The molecular weight excluding hydrogens is 452 g/mol. The number of hydrogen-bond donors (Lipinski definition) is 2. The molecule has 11 heteroatoms. The third-order valence-corrected chi connectivity index (χ3v) is 5.87. The summed E-state index contributed by atoms with van der Waals surface area (Å²) in [6, 6.07) is 6.99. The summed E-state index contributed by atoms with van der Waals surface area (Å²) in [7, 11) is 3.29. The average molecular weight is 489 g/mol. The van der Waals surface area contributed by atoms with Gasteiger partial charge in [-0.25, -0.2) is 4.79 Å². The van der Waals surface area contributed by atoms with Gasteiger partial charge in [0.1, 0.15) is 18.1 Å². The molecule has 11 nitrogen and oxygen atoms in total. The summed E-state index contributed by atoms with van der Waals surface area (Å²) in [4.78, 5) is 26.5. The van der Waals surface area contributed by atoms with Gasteiger partial charge in [0.05, 0.1) is 31.7 Å². The maximum Gasteiger partial charge on any atom is 0.321 e. The zero-order chi connectivity index (χ0) is 25.2. The zero-order valence-electron chi connectivity index (χ0n) is 20.9. The quantitative estimate of drug-likeness (QED) is 0.629. The Hall–Kier alpha value is -3.18. The highest BCUT2D eigenvalue weighted by atomic mass is 16.5. The van der Waals surface area contributed by atoms with Crippen LogP contribution in [0, 0.1) is 5.92 Å². The number of aryl methyl sites for hydroxylation is 1. The SMILES string of the molecule is COc1ccccc1NC(=O)N(C)C[C@H]1OCc2cn(nn2)CCCC(=O)OC[C@@H](C)NC[C@H]1C. The van der Waals surface area contributed by atoms with Crippen LogP contribution in [0.5, 0.6) is 5.75 Å². The van der Waals surface area contributed by atoms with Gasteiger partial charge in [-0.05, 0) is 31.4 Å². The molecule has 0 spiro atoms. The average Bonchev–Trinajstić information content (AvgIpc) is 3.31. The molecule has 192 valence electrons. The first-order valence-corrected chi connectivity index (χ1v) is 11.9. The number of likely N-dealkylation sites (N-methyl/N-ethyl adjacent to an activating group) is 1. The third-order valence-electron chi connectivity index (χ3n) is 5.87. The molecule has 2 N–H and O–H groups in total. The molecule has 0 unspecified atom stereocenters. The van der Waals surface area contributed by atoms with Crippen molar-refractivity contribution in [2.24, 2.45) is 5.92 Å². The second-order valence-electron chi connectivity index (χ2n) is 8.91. The highest BCUT2D eigenvalue weighted by molar-refractivity contribution is 5.90. The third kappa shape index (κ3) is 8.22. The summed E-state index contributed by atoms with van der Waals surface area (Å²) in [6.07, 6.45) is 2.50. The lowest BCUT2D eigenvalue weighted by molar-refractivity contribution is -0.144. The summed E-state index contributed by atoms with van der Waals surface area (Å²) >= 11 is 0. The van der Waals surface area contributed by atoms with Gasteiger partial charge in [0, 0.05) is 39.1 Å². The zero-order valence-corrected chi connectivity index (χ0v) is 20.9. The Morgan fingerprint density at radius 2 is 2.14 bits per heavy atom. The number of amides is 2. The van der Waals surface area contributed by atoms with Crippen molar-refractivity contribution in [2.45, 2.75) is 52.0 Å². The number of cyclic esters (lactones) is 1. The number of methoxy groups -OCH3 is 1. The monoisotopic (exact) mass is 488 g/mol. The molecule has 1 aromatic heterocycles. The molecule has 0 aliphatic carbocycles. The number of esters is 1. The number of nitrogens with one attached hydrogen (secondary N) is 2. The first-order chi connectivity index (χ1) is 16.9. The van der Waals surface area contributed by atoms with Crippen molar-refractivity contribution in [3.63, 3.8) is 0 Å². The van der Waals surface area contributed by atoms with Crippen molar-refractivity contribution in [3.05, 3.63) is 36.2 Å². The maximum atomic E-state index is 12.9. The summed E-state index contributed by atoms with van der Waals surface area (Å²) in [5, 5.41) is 14.6. The number of fused-ring (bicyclic) bond motifs is 2. The van der Waals surface area contributed by atoms with Crippen molar-refractivity contribution >= 4 is 17.7 Å². The summed E-state index contributed by atoms with van der Waals surface area (Å²) in [6.45, 7) is 6.16. The Labute approximate surface area is 206 Å². The Balaban J connectivity index is 1.67. The fourth-order valence-electron chi connectivity index (χ4n) is 3.67. The van der Waals surface area contributed by atoms with Crippen LogP contribution in [0.1, 0.15) is 32.4 Å². The lowest BCUT2D eigenvalue weighted by atomic mass is 10.0. The van der Waals surface area contributed by atoms with Crippen LogP contribution in [0.15, 0.2) is 30.5 Å². The summed E-state index contributed by atoms with van der Waals surface area (Å²) < 4.78 is 18.6. The number of carbonyl (C=O) groups excluding carboxylic acids is 2. The van der Waals surface area contributed by atoms with Gasteiger partial charge in [0.2, 0.25) is 0 Å². The van der Waals surface area contributed by atoms with E-state index in [1.165, 1.54) is 0 Å². The summed E-state index contributed by atoms with van der Waals surface area (Å²) in [5.74, 6) is 0.422. The molecule has 0 fully saturated rings. The number of para-hydroxylation sites is 2. The second-order valence-corrected chi connectivity index (χ2v) is 8.91. The predicted molar refractivity (Wildman–Crippen MR) is 130 cm³/mol. The van der Waals surface area contributed by atoms with Gasteiger partial charge in [-0.1, -0.05) is 24.3 Å². The van der Waals surface area contributed by atoms with E-state index in [0.29, 0.717) is 56.2 Å². The molecular formula is C24H36N6O5. The lowest BCUT2D eigenvalue weighted by Crippen LogP contribution is -2.44. The van der Waals surface area contributed by atoms with Gasteiger partial charge in [0.15, 0.2) is 0 Å².